The normalized spacial score (nSPS) is 11.9. The number of aliphatic hydroxyl groups is 1. The zero-order chi connectivity index (χ0) is 12.7. The minimum Gasteiger partial charge on any atom is -0.497 e. The van der Waals surface area contributed by atoms with Gasteiger partial charge in [-0.2, -0.15) is 0 Å². The van der Waals surface area contributed by atoms with Crippen LogP contribution in [0.5, 0.6) is 5.75 Å². The monoisotopic (exact) mass is 237 g/mol. The molecule has 0 aliphatic heterocycles. The van der Waals surface area contributed by atoms with Gasteiger partial charge >= 0.3 is 0 Å². The highest BCUT2D eigenvalue weighted by Crippen LogP contribution is 2.11. The van der Waals surface area contributed by atoms with E-state index < -0.39 is 0 Å². The number of ether oxygens (including phenoxy) is 1. The molecular formula is C13H19NO3. The lowest BCUT2D eigenvalue weighted by Crippen LogP contribution is -2.28. The van der Waals surface area contributed by atoms with E-state index in [0.717, 1.165) is 5.75 Å². The van der Waals surface area contributed by atoms with Crippen LogP contribution >= 0.6 is 0 Å². The van der Waals surface area contributed by atoms with Gasteiger partial charge in [-0.15, -0.1) is 0 Å². The van der Waals surface area contributed by atoms with Gasteiger partial charge < -0.3 is 15.2 Å². The van der Waals surface area contributed by atoms with Crippen LogP contribution in [0.1, 0.15) is 23.7 Å². The number of rotatable bonds is 6. The summed E-state index contributed by atoms with van der Waals surface area (Å²) in [5.41, 5.74) is 0.613. The lowest BCUT2D eigenvalue weighted by atomic mass is 10.1. The first kappa shape index (κ1) is 13.5. The van der Waals surface area contributed by atoms with Crippen molar-refractivity contribution in [2.24, 2.45) is 5.92 Å². The van der Waals surface area contributed by atoms with Crippen LogP contribution in [0.3, 0.4) is 0 Å². The Morgan fingerprint density at radius 2 is 2.06 bits per heavy atom. The number of amides is 1. The molecule has 1 aromatic rings. The van der Waals surface area contributed by atoms with Crippen LogP contribution in [0.2, 0.25) is 0 Å². The number of hydrogen-bond acceptors (Lipinski definition) is 3. The number of benzene rings is 1. The molecular weight excluding hydrogens is 218 g/mol. The molecule has 0 radical (unpaired) electrons. The topological polar surface area (TPSA) is 58.6 Å². The fourth-order valence-corrected chi connectivity index (χ4v) is 1.43. The highest BCUT2D eigenvalue weighted by molar-refractivity contribution is 5.94. The molecule has 1 aromatic carbocycles. The molecule has 2 N–H and O–H groups in total. The number of methoxy groups -OCH3 is 1. The third kappa shape index (κ3) is 4.44. The van der Waals surface area contributed by atoms with Gasteiger partial charge in [-0.25, -0.2) is 0 Å². The van der Waals surface area contributed by atoms with Crippen molar-refractivity contribution in [3.8, 4) is 5.75 Å². The van der Waals surface area contributed by atoms with Gasteiger partial charge in [0.05, 0.1) is 7.11 Å². The van der Waals surface area contributed by atoms with Gasteiger partial charge in [0.15, 0.2) is 0 Å². The summed E-state index contributed by atoms with van der Waals surface area (Å²) in [6.45, 7) is 2.72. The Morgan fingerprint density at radius 1 is 1.41 bits per heavy atom. The standard InChI is InChI=1S/C13H19NO3/c1-10(7-8-15)9-14-13(16)11-3-5-12(17-2)6-4-11/h3-6,10,15H,7-9H2,1-2H3,(H,14,16). The minimum absolute atomic E-state index is 0.0996. The van der Waals surface area contributed by atoms with E-state index in [9.17, 15) is 4.79 Å². The van der Waals surface area contributed by atoms with Crippen molar-refractivity contribution < 1.29 is 14.6 Å². The summed E-state index contributed by atoms with van der Waals surface area (Å²) in [6.07, 6.45) is 0.697. The summed E-state index contributed by atoms with van der Waals surface area (Å²) in [5, 5.41) is 11.6. The van der Waals surface area contributed by atoms with E-state index in [1.54, 1.807) is 31.4 Å². The fourth-order valence-electron chi connectivity index (χ4n) is 1.43. The highest BCUT2D eigenvalue weighted by Gasteiger charge is 2.07. The predicted molar refractivity (Wildman–Crippen MR) is 66.2 cm³/mol. The molecule has 1 atom stereocenters. The number of carbonyl (C=O) groups is 1. The minimum atomic E-state index is -0.0996. The molecule has 1 unspecified atom stereocenters. The predicted octanol–water partition coefficient (Wildman–Crippen LogP) is 1.44. The van der Waals surface area contributed by atoms with Crippen LogP contribution < -0.4 is 10.1 Å². The van der Waals surface area contributed by atoms with Crippen LogP contribution in [0.25, 0.3) is 0 Å². The molecule has 94 valence electrons. The number of hydrogen-bond donors (Lipinski definition) is 2. The molecule has 0 aliphatic rings. The largest absolute Gasteiger partial charge is 0.497 e. The molecule has 0 saturated carbocycles. The van der Waals surface area contributed by atoms with E-state index in [1.165, 1.54) is 0 Å². The molecule has 4 heteroatoms. The number of aliphatic hydroxyl groups excluding tert-OH is 1. The molecule has 0 aromatic heterocycles. The van der Waals surface area contributed by atoms with Crippen LogP contribution in [0.15, 0.2) is 24.3 Å². The van der Waals surface area contributed by atoms with Crippen LogP contribution in [0, 0.1) is 5.92 Å². The third-order valence-electron chi connectivity index (χ3n) is 2.59. The van der Waals surface area contributed by atoms with Gasteiger partial charge in [-0.3, -0.25) is 4.79 Å². The van der Waals surface area contributed by atoms with Crippen molar-refractivity contribution in [2.75, 3.05) is 20.3 Å². The molecule has 0 aliphatic carbocycles. The van der Waals surface area contributed by atoms with Crippen LogP contribution in [0.4, 0.5) is 0 Å². The maximum absolute atomic E-state index is 11.7. The Morgan fingerprint density at radius 3 is 2.59 bits per heavy atom. The molecule has 17 heavy (non-hydrogen) atoms. The summed E-state index contributed by atoms with van der Waals surface area (Å²) >= 11 is 0. The Balaban J connectivity index is 2.46. The summed E-state index contributed by atoms with van der Waals surface area (Å²) < 4.78 is 5.02. The zero-order valence-corrected chi connectivity index (χ0v) is 10.3. The van der Waals surface area contributed by atoms with E-state index in [0.29, 0.717) is 18.5 Å². The summed E-state index contributed by atoms with van der Waals surface area (Å²) in [4.78, 5) is 11.7. The molecule has 0 heterocycles. The Bertz CT molecular complexity index is 348. The SMILES string of the molecule is COc1ccc(C(=O)NCC(C)CCO)cc1. The van der Waals surface area contributed by atoms with E-state index in [4.69, 9.17) is 9.84 Å². The van der Waals surface area contributed by atoms with E-state index >= 15 is 0 Å². The molecule has 4 nitrogen and oxygen atoms in total. The highest BCUT2D eigenvalue weighted by atomic mass is 16.5. The first-order valence-electron chi connectivity index (χ1n) is 5.70. The number of carbonyl (C=O) groups excluding carboxylic acids is 1. The summed E-state index contributed by atoms with van der Waals surface area (Å²) in [6, 6.07) is 6.97. The average molecular weight is 237 g/mol. The molecule has 1 rings (SSSR count). The first-order valence-corrected chi connectivity index (χ1v) is 5.70. The van der Waals surface area contributed by atoms with Crippen LogP contribution in [-0.4, -0.2) is 31.3 Å². The Hall–Kier alpha value is -1.55. The summed E-state index contributed by atoms with van der Waals surface area (Å²) in [7, 11) is 1.59. The van der Waals surface area contributed by atoms with Gasteiger partial charge in [0.1, 0.15) is 5.75 Å². The van der Waals surface area contributed by atoms with Gasteiger partial charge in [0, 0.05) is 18.7 Å². The Kier molecular flexibility index (Phi) is 5.49. The Labute approximate surface area is 102 Å². The maximum atomic E-state index is 11.7. The van der Waals surface area contributed by atoms with E-state index in [2.05, 4.69) is 5.32 Å². The van der Waals surface area contributed by atoms with Crippen molar-refractivity contribution in [3.63, 3.8) is 0 Å². The van der Waals surface area contributed by atoms with Gasteiger partial charge in [0.2, 0.25) is 0 Å². The van der Waals surface area contributed by atoms with E-state index in [1.807, 2.05) is 6.92 Å². The second-order valence-electron chi connectivity index (χ2n) is 4.06. The zero-order valence-electron chi connectivity index (χ0n) is 10.3. The molecule has 0 bridgehead atoms. The second kappa shape index (κ2) is 6.91. The van der Waals surface area contributed by atoms with Crippen molar-refractivity contribution in [2.45, 2.75) is 13.3 Å². The van der Waals surface area contributed by atoms with Crippen molar-refractivity contribution in [1.82, 2.24) is 5.32 Å². The third-order valence-corrected chi connectivity index (χ3v) is 2.59. The fraction of sp³-hybridized carbons (Fsp3) is 0.462. The summed E-state index contributed by atoms with van der Waals surface area (Å²) in [5.74, 6) is 0.912. The van der Waals surface area contributed by atoms with E-state index in [-0.39, 0.29) is 18.4 Å². The second-order valence-corrected chi connectivity index (χ2v) is 4.06. The number of nitrogens with one attached hydrogen (secondary N) is 1. The molecule has 0 spiro atoms. The smallest absolute Gasteiger partial charge is 0.251 e. The lowest BCUT2D eigenvalue weighted by Gasteiger charge is -2.11. The van der Waals surface area contributed by atoms with Gasteiger partial charge in [-0.05, 0) is 36.6 Å². The van der Waals surface area contributed by atoms with Crippen LogP contribution in [-0.2, 0) is 0 Å². The van der Waals surface area contributed by atoms with Crippen molar-refractivity contribution in [1.29, 1.82) is 0 Å². The maximum Gasteiger partial charge on any atom is 0.251 e. The van der Waals surface area contributed by atoms with Gasteiger partial charge in [-0.1, -0.05) is 6.92 Å². The van der Waals surface area contributed by atoms with Crippen molar-refractivity contribution in [3.05, 3.63) is 29.8 Å². The molecule has 1 amide bonds. The van der Waals surface area contributed by atoms with Crippen molar-refractivity contribution >= 4 is 5.91 Å². The first-order chi connectivity index (χ1) is 8.17. The quantitative estimate of drug-likeness (QED) is 0.787. The molecule has 0 saturated heterocycles. The average Bonchev–Trinajstić information content (AvgIpc) is 2.36. The molecule has 0 fully saturated rings. The van der Waals surface area contributed by atoms with Gasteiger partial charge in [0.25, 0.3) is 5.91 Å². The lowest BCUT2D eigenvalue weighted by molar-refractivity contribution is 0.0945.